The number of anilines is 1. The summed E-state index contributed by atoms with van der Waals surface area (Å²) in [6.07, 6.45) is 0.741. The van der Waals surface area contributed by atoms with Crippen LogP contribution >= 0.6 is 11.3 Å². The molecule has 1 aliphatic heterocycles. The first-order valence-corrected chi connectivity index (χ1v) is 8.79. The molecule has 0 spiro atoms. The van der Waals surface area contributed by atoms with E-state index in [1.807, 2.05) is 31.2 Å². The van der Waals surface area contributed by atoms with Crippen LogP contribution < -0.4 is 10.1 Å². The molecule has 2 aromatic rings. The fourth-order valence-electron chi connectivity index (χ4n) is 2.59. The van der Waals surface area contributed by atoms with Crippen LogP contribution in [0.25, 0.3) is 0 Å². The van der Waals surface area contributed by atoms with Gasteiger partial charge >= 0.3 is 5.97 Å². The van der Waals surface area contributed by atoms with Gasteiger partial charge in [-0.2, -0.15) is 0 Å². The molecule has 1 atom stereocenters. The van der Waals surface area contributed by atoms with Crippen molar-refractivity contribution in [3.8, 4) is 5.75 Å². The number of para-hydroxylation sites is 1. The van der Waals surface area contributed by atoms with E-state index in [9.17, 15) is 9.59 Å². The predicted octanol–water partition coefficient (Wildman–Crippen LogP) is 3.43. The minimum atomic E-state index is -0.579. The van der Waals surface area contributed by atoms with E-state index in [1.165, 1.54) is 11.3 Å². The lowest BCUT2D eigenvalue weighted by Gasteiger charge is -2.11. The molecule has 3 rings (SSSR count). The predicted molar refractivity (Wildman–Crippen MR) is 92.8 cm³/mol. The topological polar surface area (TPSA) is 64.6 Å². The second-order valence-corrected chi connectivity index (χ2v) is 6.57. The lowest BCUT2D eigenvalue weighted by Crippen LogP contribution is -2.31. The molecule has 1 aromatic carbocycles. The summed E-state index contributed by atoms with van der Waals surface area (Å²) in [4.78, 5) is 25.6. The van der Waals surface area contributed by atoms with Gasteiger partial charge in [0, 0.05) is 11.3 Å². The summed E-state index contributed by atoms with van der Waals surface area (Å²) in [5.41, 5.74) is 1.42. The van der Waals surface area contributed by atoms with Crippen LogP contribution in [0.4, 0.5) is 5.00 Å². The number of ether oxygens (including phenoxy) is 2. The molecule has 0 unspecified atom stereocenters. The normalized spacial score (nSPS) is 15.5. The number of carbonyl (C=O) groups excluding carboxylic acids is 2. The molecule has 1 aliphatic rings. The molecular formula is C18H19NO4S. The van der Waals surface area contributed by atoms with Crippen LogP contribution in [-0.4, -0.2) is 24.6 Å². The van der Waals surface area contributed by atoms with Crippen LogP contribution in [0.1, 0.15) is 34.6 Å². The Morgan fingerprint density at radius 3 is 2.83 bits per heavy atom. The third kappa shape index (κ3) is 3.28. The second-order valence-electron chi connectivity index (χ2n) is 5.44. The van der Waals surface area contributed by atoms with Crippen molar-refractivity contribution in [2.45, 2.75) is 32.8 Å². The summed E-state index contributed by atoms with van der Waals surface area (Å²) in [5, 5.41) is 3.36. The molecule has 5 nitrogen and oxygen atoms in total. The van der Waals surface area contributed by atoms with Crippen LogP contribution in [-0.2, 0) is 22.4 Å². The number of benzene rings is 1. The summed E-state index contributed by atoms with van der Waals surface area (Å²) in [5.74, 6) is 0.0734. The van der Waals surface area contributed by atoms with E-state index in [2.05, 4.69) is 5.32 Å². The number of thiophene rings is 1. The largest absolute Gasteiger partial charge is 0.480 e. The fourth-order valence-corrected chi connectivity index (χ4v) is 3.58. The third-order valence-electron chi connectivity index (χ3n) is 3.80. The first-order valence-electron chi connectivity index (χ1n) is 7.97. The number of aryl methyl sites for hydroxylation is 1. The van der Waals surface area contributed by atoms with Crippen molar-refractivity contribution in [1.29, 1.82) is 0 Å². The number of carbonyl (C=O) groups is 2. The highest BCUT2D eigenvalue weighted by Gasteiger charge is 2.30. The maximum absolute atomic E-state index is 12.5. The van der Waals surface area contributed by atoms with Gasteiger partial charge in [0.15, 0.2) is 6.10 Å². The summed E-state index contributed by atoms with van der Waals surface area (Å²) in [6, 6.07) is 9.39. The van der Waals surface area contributed by atoms with E-state index in [0.717, 1.165) is 22.6 Å². The van der Waals surface area contributed by atoms with E-state index >= 15 is 0 Å². The minimum absolute atomic E-state index is 0.249. The third-order valence-corrected chi connectivity index (χ3v) is 5.00. The Balaban J connectivity index is 1.75. The lowest BCUT2D eigenvalue weighted by molar-refractivity contribution is -0.122. The first kappa shape index (κ1) is 16.5. The van der Waals surface area contributed by atoms with Crippen LogP contribution in [0, 0.1) is 0 Å². The molecule has 1 amide bonds. The van der Waals surface area contributed by atoms with E-state index in [0.29, 0.717) is 23.6 Å². The van der Waals surface area contributed by atoms with Crippen LogP contribution in [0.3, 0.4) is 0 Å². The highest BCUT2D eigenvalue weighted by atomic mass is 32.1. The Hall–Kier alpha value is -2.34. The molecule has 0 fully saturated rings. The maximum atomic E-state index is 12.5. The zero-order chi connectivity index (χ0) is 17.1. The van der Waals surface area contributed by atoms with E-state index in [4.69, 9.17) is 9.47 Å². The summed E-state index contributed by atoms with van der Waals surface area (Å²) in [6.45, 7) is 4.06. The summed E-state index contributed by atoms with van der Waals surface area (Å²) >= 11 is 1.40. The van der Waals surface area contributed by atoms with Gasteiger partial charge in [-0.1, -0.05) is 25.1 Å². The quantitative estimate of drug-likeness (QED) is 0.843. The Morgan fingerprint density at radius 1 is 1.33 bits per heavy atom. The van der Waals surface area contributed by atoms with Crippen molar-refractivity contribution < 1.29 is 19.1 Å². The summed E-state index contributed by atoms with van der Waals surface area (Å²) < 4.78 is 10.8. The summed E-state index contributed by atoms with van der Waals surface area (Å²) in [7, 11) is 0. The van der Waals surface area contributed by atoms with Crippen molar-refractivity contribution in [3.63, 3.8) is 0 Å². The Morgan fingerprint density at radius 2 is 2.12 bits per heavy atom. The van der Waals surface area contributed by atoms with Crippen molar-refractivity contribution in [2.75, 3.05) is 11.9 Å². The Kier molecular flexibility index (Phi) is 4.85. The standard InChI is InChI=1S/C18H19NO4S/c1-3-12-10-13(18(21)22-4-2)17(24-12)19-16(20)15-9-11-7-5-6-8-14(11)23-15/h5-8,10,15H,3-4,9H2,1-2H3,(H,19,20)/t15-/m0/s1. The zero-order valence-corrected chi connectivity index (χ0v) is 14.4. The molecule has 0 bridgehead atoms. The number of hydrogen-bond donors (Lipinski definition) is 1. The highest BCUT2D eigenvalue weighted by molar-refractivity contribution is 7.16. The van der Waals surface area contributed by atoms with Crippen LogP contribution in [0.2, 0.25) is 0 Å². The number of fused-ring (bicyclic) bond motifs is 1. The van der Waals surface area contributed by atoms with E-state index in [-0.39, 0.29) is 5.91 Å². The molecule has 1 N–H and O–H groups in total. The monoisotopic (exact) mass is 345 g/mol. The number of amides is 1. The van der Waals surface area contributed by atoms with Gasteiger partial charge in [0.1, 0.15) is 10.8 Å². The average molecular weight is 345 g/mol. The fraction of sp³-hybridized carbons (Fsp3) is 0.333. The van der Waals surface area contributed by atoms with Crippen LogP contribution in [0.15, 0.2) is 30.3 Å². The molecule has 1 aromatic heterocycles. The van der Waals surface area contributed by atoms with Crippen molar-refractivity contribution >= 4 is 28.2 Å². The van der Waals surface area contributed by atoms with Gasteiger partial charge in [0.05, 0.1) is 12.2 Å². The van der Waals surface area contributed by atoms with Gasteiger partial charge < -0.3 is 14.8 Å². The molecule has 2 heterocycles. The number of hydrogen-bond acceptors (Lipinski definition) is 5. The number of nitrogens with one attached hydrogen (secondary N) is 1. The second kappa shape index (κ2) is 7.05. The van der Waals surface area contributed by atoms with Crippen molar-refractivity contribution in [3.05, 3.63) is 46.3 Å². The lowest BCUT2D eigenvalue weighted by atomic mass is 10.1. The number of esters is 1. The van der Waals surface area contributed by atoms with E-state index < -0.39 is 12.1 Å². The SMILES string of the molecule is CCOC(=O)c1cc(CC)sc1NC(=O)[C@@H]1Cc2ccccc2O1. The molecule has 0 saturated carbocycles. The Bertz CT molecular complexity index is 743. The van der Waals surface area contributed by atoms with Gasteiger partial charge in [0.2, 0.25) is 0 Å². The Labute approximate surface area is 144 Å². The van der Waals surface area contributed by atoms with Crippen molar-refractivity contribution in [1.82, 2.24) is 0 Å². The van der Waals surface area contributed by atoms with Gasteiger partial charge in [-0.3, -0.25) is 4.79 Å². The van der Waals surface area contributed by atoms with Crippen molar-refractivity contribution in [2.24, 2.45) is 0 Å². The zero-order valence-electron chi connectivity index (χ0n) is 13.6. The van der Waals surface area contributed by atoms with E-state index in [1.54, 1.807) is 13.0 Å². The first-order chi connectivity index (χ1) is 11.6. The molecular weight excluding hydrogens is 326 g/mol. The van der Waals surface area contributed by atoms with Gasteiger partial charge in [-0.15, -0.1) is 11.3 Å². The van der Waals surface area contributed by atoms with Gasteiger partial charge in [-0.05, 0) is 31.0 Å². The van der Waals surface area contributed by atoms with Gasteiger partial charge in [0.25, 0.3) is 5.91 Å². The smallest absolute Gasteiger partial charge is 0.341 e. The van der Waals surface area contributed by atoms with Crippen LogP contribution in [0.5, 0.6) is 5.75 Å². The molecule has 6 heteroatoms. The van der Waals surface area contributed by atoms with Gasteiger partial charge in [-0.25, -0.2) is 4.79 Å². The number of rotatable bonds is 5. The maximum Gasteiger partial charge on any atom is 0.341 e. The average Bonchev–Trinajstić information content (AvgIpc) is 3.18. The minimum Gasteiger partial charge on any atom is -0.480 e. The molecule has 126 valence electrons. The highest BCUT2D eigenvalue weighted by Crippen LogP contribution is 2.32. The molecule has 0 aliphatic carbocycles. The molecule has 0 radical (unpaired) electrons. The molecule has 0 saturated heterocycles. The molecule has 24 heavy (non-hydrogen) atoms.